The number of aromatic hydroxyl groups is 1. The minimum Gasteiger partial charge on any atom is -0.506 e. The highest BCUT2D eigenvalue weighted by molar-refractivity contribution is 7.80. The molecule has 2 atom stereocenters. The first-order valence-electron chi connectivity index (χ1n) is 12.8. The second kappa shape index (κ2) is 11.4. The van der Waals surface area contributed by atoms with Crippen molar-refractivity contribution < 1.29 is 19.4 Å². The van der Waals surface area contributed by atoms with Crippen LogP contribution in [0.5, 0.6) is 11.5 Å². The number of aryl methyl sites for hydroxylation is 1. The molecular weight excluding hydrogens is 526 g/mol. The molecule has 0 radical (unpaired) electrons. The van der Waals surface area contributed by atoms with E-state index < -0.39 is 0 Å². The average molecular weight is 558 g/mol. The van der Waals surface area contributed by atoms with Crippen molar-refractivity contribution in [3.63, 3.8) is 0 Å². The van der Waals surface area contributed by atoms with Crippen LogP contribution in [0.1, 0.15) is 34.7 Å². The lowest BCUT2D eigenvalue weighted by molar-refractivity contribution is -0.119. The predicted molar refractivity (Wildman–Crippen MR) is 158 cm³/mol. The number of hydrogen-bond donors (Lipinski definition) is 3. The molecule has 2 aromatic heterocycles. The number of pyridine rings is 1. The lowest BCUT2D eigenvalue weighted by Crippen LogP contribution is -2.29. The Morgan fingerprint density at radius 3 is 2.58 bits per heavy atom. The molecule has 0 aliphatic carbocycles. The molecule has 0 bridgehead atoms. The third kappa shape index (κ3) is 4.99. The Balaban J connectivity index is 1.66. The summed E-state index contributed by atoms with van der Waals surface area (Å²) in [5.74, 6) is 0.414. The second-order valence-corrected chi connectivity index (χ2v) is 9.90. The Bertz CT molecular complexity index is 1560. The summed E-state index contributed by atoms with van der Waals surface area (Å²) in [6.45, 7) is 3.97. The summed E-state index contributed by atoms with van der Waals surface area (Å²) in [6, 6.07) is 20.2. The van der Waals surface area contributed by atoms with E-state index in [2.05, 4.69) is 21.7 Å². The fourth-order valence-electron chi connectivity index (χ4n) is 5.32. The SMILES string of the molecule is COCC(=O)Nc1cc(N2C(=S)NC(c3ccccn3)C2c2cc(C)n(-c3ccccc3O)c2C)ccc1OC. The van der Waals surface area contributed by atoms with Crippen LogP contribution in [-0.4, -0.2) is 46.5 Å². The smallest absolute Gasteiger partial charge is 0.250 e. The minimum atomic E-state index is -0.297. The van der Waals surface area contributed by atoms with E-state index in [4.69, 9.17) is 21.7 Å². The fraction of sp³-hybridized carbons (Fsp3) is 0.233. The molecule has 10 heteroatoms. The number of carbonyl (C=O) groups is 1. The van der Waals surface area contributed by atoms with Crippen LogP contribution in [-0.2, 0) is 9.53 Å². The van der Waals surface area contributed by atoms with E-state index in [1.807, 2.05) is 65.8 Å². The first-order chi connectivity index (χ1) is 19.3. The van der Waals surface area contributed by atoms with Crippen molar-refractivity contribution in [2.75, 3.05) is 31.0 Å². The number of methoxy groups -OCH3 is 2. The molecule has 1 aliphatic heterocycles. The second-order valence-electron chi connectivity index (χ2n) is 9.51. The van der Waals surface area contributed by atoms with Gasteiger partial charge in [-0.3, -0.25) is 9.78 Å². The van der Waals surface area contributed by atoms with Crippen LogP contribution in [0.15, 0.2) is 72.9 Å². The number of anilines is 2. The lowest BCUT2D eigenvalue weighted by Gasteiger charge is -2.29. The molecule has 1 saturated heterocycles. The van der Waals surface area contributed by atoms with Gasteiger partial charge in [-0.25, -0.2) is 0 Å². The summed E-state index contributed by atoms with van der Waals surface area (Å²) in [7, 11) is 3.02. The Hall–Kier alpha value is -4.41. The highest BCUT2D eigenvalue weighted by Gasteiger charge is 2.42. The molecule has 9 nitrogen and oxygen atoms in total. The van der Waals surface area contributed by atoms with E-state index in [1.54, 1.807) is 31.5 Å². The van der Waals surface area contributed by atoms with Gasteiger partial charge in [-0.1, -0.05) is 18.2 Å². The van der Waals surface area contributed by atoms with Crippen molar-refractivity contribution in [3.8, 4) is 17.2 Å². The molecule has 0 spiro atoms. The number of thiocarbonyl (C=S) groups is 1. The number of nitrogens with zero attached hydrogens (tertiary/aromatic N) is 3. The zero-order valence-corrected chi connectivity index (χ0v) is 23.5. The molecule has 1 aliphatic rings. The normalized spacial score (nSPS) is 16.6. The Morgan fingerprint density at radius 2 is 1.88 bits per heavy atom. The molecule has 0 saturated carbocycles. The maximum Gasteiger partial charge on any atom is 0.250 e. The van der Waals surface area contributed by atoms with Crippen molar-refractivity contribution in [3.05, 3.63) is 95.6 Å². The van der Waals surface area contributed by atoms with Gasteiger partial charge in [0.2, 0.25) is 5.91 Å². The molecule has 2 unspecified atom stereocenters. The van der Waals surface area contributed by atoms with Crippen LogP contribution < -0.4 is 20.3 Å². The molecule has 3 N–H and O–H groups in total. The van der Waals surface area contributed by atoms with Gasteiger partial charge >= 0.3 is 0 Å². The van der Waals surface area contributed by atoms with Gasteiger partial charge < -0.3 is 34.7 Å². The van der Waals surface area contributed by atoms with E-state index in [-0.39, 0.29) is 30.3 Å². The van der Waals surface area contributed by atoms with Crippen molar-refractivity contribution in [2.24, 2.45) is 0 Å². The number of rotatable bonds is 8. The molecule has 40 heavy (non-hydrogen) atoms. The summed E-state index contributed by atoms with van der Waals surface area (Å²) in [5.41, 5.74) is 5.76. The largest absolute Gasteiger partial charge is 0.506 e. The summed E-state index contributed by atoms with van der Waals surface area (Å²) in [5, 5.41) is 17.5. The van der Waals surface area contributed by atoms with Gasteiger partial charge in [0.05, 0.1) is 36.3 Å². The van der Waals surface area contributed by atoms with Gasteiger partial charge in [-0.2, -0.15) is 0 Å². The van der Waals surface area contributed by atoms with E-state index in [0.717, 1.165) is 28.3 Å². The first-order valence-corrected chi connectivity index (χ1v) is 13.2. The van der Waals surface area contributed by atoms with E-state index in [1.165, 1.54) is 7.11 Å². The maximum absolute atomic E-state index is 12.4. The van der Waals surface area contributed by atoms with Gasteiger partial charge in [0.1, 0.15) is 18.1 Å². The fourth-order valence-corrected chi connectivity index (χ4v) is 5.67. The van der Waals surface area contributed by atoms with Crippen molar-refractivity contribution in [1.29, 1.82) is 0 Å². The lowest BCUT2D eigenvalue weighted by atomic mass is 9.96. The zero-order valence-electron chi connectivity index (χ0n) is 22.7. The summed E-state index contributed by atoms with van der Waals surface area (Å²) < 4.78 is 12.5. The van der Waals surface area contributed by atoms with Crippen LogP contribution in [0.4, 0.5) is 11.4 Å². The number of benzene rings is 2. The number of phenols is 1. The topological polar surface area (TPSA) is 101 Å². The van der Waals surface area contributed by atoms with Gasteiger partial charge in [-0.15, -0.1) is 0 Å². The third-order valence-electron chi connectivity index (χ3n) is 7.02. The summed E-state index contributed by atoms with van der Waals surface area (Å²) in [4.78, 5) is 19.1. The highest BCUT2D eigenvalue weighted by Crippen LogP contribution is 2.45. The molecule has 3 heterocycles. The number of phenolic OH excluding ortho intramolecular Hbond substituents is 1. The van der Waals surface area contributed by atoms with Crippen LogP contribution >= 0.6 is 12.2 Å². The van der Waals surface area contributed by atoms with Gasteiger partial charge in [-0.05, 0) is 80.2 Å². The molecule has 4 aromatic rings. The van der Waals surface area contributed by atoms with E-state index in [0.29, 0.717) is 22.2 Å². The van der Waals surface area contributed by atoms with Crippen molar-refractivity contribution in [2.45, 2.75) is 25.9 Å². The van der Waals surface area contributed by atoms with Crippen LogP contribution in [0.25, 0.3) is 5.69 Å². The minimum absolute atomic E-state index is 0.0836. The van der Waals surface area contributed by atoms with E-state index in [9.17, 15) is 9.90 Å². The molecule has 1 fully saturated rings. The van der Waals surface area contributed by atoms with Gasteiger partial charge in [0, 0.05) is 30.4 Å². The van der Waals surface area contributed by atoms with Crippen LogP contribution in [0.3, 0.4) is 0 Å². The number of ether oxygens (including phenoxy) is 2. The van der Waals surface area contributed by atoms with Crippen LogP contribution in [0.2, 0.25) is 0 Å². The number of carbonyl (C=O) groups excluding carboxylic acids is 1. The van der Waals surface area contributed by atoms with Crippen molar-refractivity contribution >= 4 is 34.6 Å². The molecule has 2 aromatic carbocycles. The highest BCUT2D eigenvalue weighted by atomic mass is 32.1. The summed E-state index contributed by atoms with van der Waals surface area (Å²) in [6.07, 6.45) is 1.77. The van der Waals surface area contributed by atoms with E-state index >= 15 is 0 Å². The third-order valence-corrected chi connectivity index (χ3v) is 7.33. The van der Waals surface area contributed by atoms with Crippen molar-refractivity contribution in [1.82, 2.24) is 14.9 Å². The Morgan fingerprint density at radius 1 is 1.10 bits per heavy atom. The quantitative estimate of drug-likeness (QED) is 0.261. The summed E-state index contributed by atoms with van der Waals surface area (Å²) >= 11 is 5.91. The number of hydrogen-bond acceptors (Lipinski definition) is 6. The molecular formula is C30H31N5O4S. The number of aromatic nitrogens is 2. The van der Waals surface area contributed by atoms with Gasteiger partial charge in [0.25, 0.3) is 0 Å². The number of amides is 1. The molecule has 5 rings (SSSR count). The standard InChI is InChI=1S/C30H31N5O4S/c1-18-15-21(19(2)34(18)24-10-5-6-11-25(24)36)29-28(22-9-7-8-14-31-22)33-30(40)35(29)20-12-13-26(39-4)23(16-20)32-27(37)17-38-3/h5-16,28-29,36H,17H2,1-4H3,(H,32,37)(H,33,40). The van der Waals surface area contributed by atoms with Gasteiger partial charge in [0.15, 0.2) is 5.11 Å². The molecule has 206 valence electrons. The maximum atomic E-state index is 12.4. The zero-order chi connectivity index (χ0) is 28.4. The number of nitrogens with one attached hydrogen (secondary N) is 2. The monoisotopic (exact) mass is 557 g/mol. The van der Waals surface area contributed by atoms with Crippen LogP contribution in [0, 0.1) is 13.8 Å². The average Bonchev–Trinajstić information content (AvgIpc) is 3.44. The first kappa shape index (κ1) is 27.2. The Labute approximate surface area is 238 Å². The Kier molecular flexibility index (Phi) is 7.72. The molecule has 1 amide bonds. The number of para-hydroxylation sites is 2. The predicted octanol–water partition coefficient (Wildman–Crippen LogP) is 4.97.